The molecular formula is C14H22ClN3. The number of halogens is 1. The maximum Gasteiger partial charge on any atom is 0.131 e. The van der Waals surface area contributed by atoms with Gasteiger partial charge in [0.15, 0.2) is 0 Å². The van der Waals surface area contributed by atoms with Crippen LogP contribution in [0.1, 0.15) is 32.6 Å². The number of likely N-dealkylation sites (tertiary alicyclic amines) is 1. The molecule has 1 fully saturated rings. The Balaban J connectivity index is 1.87. The molecule has 0 spiro atoms. The van der Waals surface area contributed by atoms with Crippen LogP contribution in [0.25, 0.3) is 0 Å². The van der Waals surface area contributed by atoms with Crippen LogP contribution >= 0.6 is 11.6 Å². The molecule has 0 saturated carbocycles. The number of pyridine rings is 1. The van der Waals surface area contributed by atoms with Crippen LogP contribution in [0, 0.1) is 0 Å². The number of hydrogen-bond donors (Lipinski definition) is 1. The summed E-state index contributed by atoms with van der Waals surface area (Å²) in [4.78, 5) is 6.86. The Morgan fingerprint density at radius 3 is 3.06 bits per heavy atom. The first kappa shape index (κ1) is 13.6. The number of nitrogens with zero attached hydrogens (tertiary/aromatic N) is 2. The van der Waals surface area contributed by atoms with Crippen LogP contribution in [-0.4, -0.2) is 35.6 Å². The van der Waals surface area contributed by atoms with E-state index in [1.807, 2.05) is 18.2 Å². The molecule has 0 amide bonds. The van der Waals surface area contributed by atoms with Crippen molar-refractivity contribution in [1.29, 1.82) is 0 Å². The lowest BCUT2D eigenvalue weighted by Gasteiger charge is -2.19. The van der Waals surface area contributed by atoms with E-state index in [0.717, 1.165) is 5.82 Å². The van der Waals surface area contributed by atoms with E-state index in [-0.39, 0.29) is 0 Å². The van der Waals surface area contributed by atoms with Crippen molar-refractivity contribution < 1.29 is 0 Å². The second-order valence-electron chi connectivity index (χ2n) is 4.96. The van der Waals surface area contributed by atoms with Crippen molar-refractivity contribution >= 4 is 17.4 Å². The van der Waals surface area contributed by atoms with Gasteiger partial charge in [0.2, 0.25) is 0 Å². The minimum absolute atomic E-state index is 0.526. The summed E-state index contributed by atoms with van der Waals surface area (Å²) in [6.45, 7) is 5.89. The summed E-state index contributed by atoms with van der Waals surface area (Å²) < 4.78 is 0. The van der Waals surface area contributed by atoms with Crippen molar-refractivity contribution in [3.63, 3.8) is 0 Å². The van der Waals surface area contributed by atoms with E-state index in [9.17, 15) is 0 Å². The molecule has 100 valence electrons. The van der Waals surface area contributed by atoms with Gasteiger partial charge in [0.25, 0.3) is 0 Å². The van der Waals surface area contributed by atoms with Crippen molar-refractivity contribution in [3.8, 4) is 0 Å². The Morgan fingerprint density at radius 1 is 1.39 bits per heavy atom. The average molecular weight is 268 g/mol. The summed E-state index contributed by atoms with van der Waals surface area (Å²) in [6.07, 6.45) is 4.91. The predicted octanol–water partition coefficient (Wildman–Crippen LogP) is 3.41. The van der Waals surface area contributed by atoms with E-state index in [0.29, 0.717) is 11.2 Å². The van der Waals surface area contributed by atoms with Gasteiger partial charge in [-0.15, -0.1) is 0 Å². The van der Waals surface area contributed by atoms with Gasteiger partial charge in [-0.25, -0.2) is 4.98 Å². The van der Waals surface area contributed by atoms with Crippen LogP contribution in [-0.2, 0) is 0 Å². The quantitative estimate of drug-likeness (QED) is 0.848. The Bertz CT molecular complexity index is 370. The number of rotatable bonds is 4. The monoisotopic (exact) mass is 267 g/mol. The highest BCUT2D eigenvalue weighted by Gasteiger charge is 2.16. The fourth-order valence-corrected chi connectivity index (χ4v) is 2.70. The molecule has 3 nitrogen and oxygen atoms in total. The fourth-order valence-electron chi connectivity index (χ4n) is 2.54. The highest BCUT2D eigenvalue weighted by molar-refractivity contribution is 6.29. The zero-order valence-corrected chi connectivity index (χ0v) is 11.8. The molecule has 1 aliphatic rings. The van der Waals surface area contributed by atoms with Crippen LogP contribution in [0.4, 0.5) is 5.82 Å². The third-order valence-corrected chi connectivity index (χ3v) is 3.64. The van der Waals surface area contributed by atoms with Crippen molar-refractivity contribution in [1.82, 2.24) is 9.88 Å². The maximum atomic E-state index is 5.90. The molecule has 4 heteroatoms. The first-order chi connectivity index (χ1) is 8.78. The van der Waals surface area contributed by atoms with Crippen LogP contribution in [0.15, 0.2) is 18.2 Å². The molecule has 0 bridgehead atoms. The standard InChI is InChI=1S/C14H22ClN3/c1-2-9-18-10-4-5-12(8-11-18)16-14-7-3-6-13(15)17-14/h3,6-7,12H,2,4-5,8-11H2,1H3,(H,16,17). The number of hydrogen-bond acceptors (Lipinski definition) is 3. The molecule has 2 rings (SSSR count). The number of anilines is 1. The maximum absolute atomic E-state index is 5.90. The van der Waals surface area contributed by atoms with Crippen molar-refractivity contribution in [2.75, 3.05) is 25.0 Å². The SMILES string of the molecule is CCCN1CCCC(Nc2cccc(Cl)n2)CC1. The van der Waals surface area contributed by atoms with Crippen molar-refractivity contribution in [2.24, 2.45) is 0 Å². The molecule has 18 heavy (non-hydrogen) atoms. The first-order valence-corrected chi connectivity index (χ1v) is 7.27. The second kappa shape index (κ2) is 6.95. The first-order valence-electron chi connectivity index (χ1n) is 6.89. The number of nitrogens with one attached hydrogen (secondary N) is 1. The van der Waals surface area contributed by atoms with Gasteiger partial charge in [-0.2, -0.15) is 0 Å². The van der Waals surface area contributed by atoms with Crippen LogP contribution in [0.3, 0.4) is 0 Å². The normalized spacial score (nSPS) is 21.6. The summed E-state index contributed by atoms with van der Waals surface area (Å²) in [5, 5.41) is 4.06. The summed E-state index contributed by atoms with van der Waals surface area (Å²) in [7, 11) is 0. The zero-order chi connectivity index (χ0) is 12.8. The van der Waals surface area contributed by atoms with E-state index in [2.05, 4.69) is 22.1 Å². The third-order valence-electron chi connectivity index (χ3n) is 3.43. The van der Waals surface area contributed by atoms with Gasteiger partial charge in [-0.05, 0) is 50.9 Å². The number of aromatic nitrogens is 1. The third kappa shape index (κ3) is 4.14. The Kier molecular flexibility index (Phi) is 5.26. The minimum atomic E-state index is 0.526. The van der Waals surface area contributed by atoms with Crippen LogP contribution < -0.4 is 5.32 Å². The van der Waals surface area contributed by atoms with Gasteiger partial charge < -0.3 is 10.2 Å². The second-order valence-corrected chi connectivity index (χ2v) is 5.35. The average Bonchev–Trinajstić information content (AvgIpc) is 2.56. The predicted molar refractivity (Wildman–Crippen MR) is 77.2 cm³/mol. The molecule has 1 aromatic heterocycles. The molecule has 0 aromatic carbocycles. The summed E-state index contributed by atoms with van der Waals surface area (Å²) in [5.41, 5.74) is 0. The lowest BCUT2D eigenvalue weighted by atomic mass is 10.1. The highest BCUT2D eigenvalue weighted by atomic mass is 35.5. The molecule has 1 unspecified atom stereocenters. The Morgan fingerprint density at radius 2 is 2.28 bits per heavy atom. The van der Waals surface area contributed by atoms with Gasteiger partial charge in [-0.3, -0.25) is 0 Å². The molecule has 1 aromatic rings. The van der Waals surface area contributed by atoms with Gasteiger partial charge in [0.05, 0.1) is 0 Å². The Hall–Kier alpha value is -0.800. The highest BCUT2D eigenvalue weighted by Crippen LogP contribution is 2.17. The van der Waals surface area contributed by atoms with Gasteiger partial charge >= 0.3 is 0 Å². The topological polar surface area (TPSA) is 28.2 Å². The smallest absolute Gasteiger partial charge is 0.131 e. The molecule has 2 heterocycles. The molecular weight excluding hydrogens is 246 g/mol. The Labute approximate surface area is 115 Å². The van der Waals surface area contributed by atoms with E-state index in [1.54, 1.807) is 0 Å². The lowest BCUT2D eigenvalue weighted by molar-refractivity contribution is 0.285. The lowest BCUT2D eigenvalue weighted by Crippen LogP contribution is -2.27. The van der Waals surface area contributed by atoms with Crippen molar-refractivity contribution in [2.45, 2.75) is 38.6 Å². The summed E-state index contributed by atoms with van der Waals surface area (Å²) in [5.74, 6) is 0.899. The molecule has 1 atom stereocenters. The van der Waals surface area contributed by atoms with Gasteiger partial charge in [-0.1, -0.05) is 24.6 Å². The van der Waals surface area contributed by atoms with Gasteiger partial charge in [0.1, 0.15) is 11.0 Å². The fraction of sp³-hybridized carbons (Fsp3) is 0.643. The molecule has 1 N–H and O–H groups in total. The van der Waals surface area contributed by atoms with E-state index >= 15 is 0 Å². The molecule has 1 aliphatic heterocycles. The molecule has 0 radical (unpaired) electrons. The molecule has 0 aliphatic carbocycles. The summed E-state index contributed by atoms with van der Waals surface area (Å²) in [6, 6.07) is 6.26. The largest absolute Gasteiger partial charge is 0.367 e. The molecule has 1 saturated heterocycles. The van der Waals surface area contributed by atoms with E-state index < -0.39 is 0 Å². The zero-order valence-electron chi connectivity index (χ0n) is 11.0. The van der Waals surface area contributed by atoms with Crippen molar-refractivity contribution in [3.05, 3.63) is 23.4 Å². The van der Waals surface area contributed by atoms with Crippen LogP contribution in [0.2, 0.25) is 5.15 Å². The van der Waals surface area contributed by atoms with Gasteiger partial charge in [0, 0.05) is 12.6 Å². The van der Waals surface area contributed by atoms with E-state index in [1.165, 1.54) is 45.3 Å². The summed E-state index contributed by atoms with van der Waals surface area (Å²) >= 11 is 5.90. The minimum Gasteiger partial charge on any atom is -0.367 e. The van der Waals surface area contributed by atoms with E-state index in [4.69, 9.17) is 11.6 Å². The van der Waals surface area contributed by atoms with Crippen LogP contribution in [0.5, 0.6) is 0 Å².